The number of amides is 1. The third kappa shape index (κ3) is 4.02. The Morgan fingerprint density at radius 2 is 1.96 bits per heavy atom. The number of benzene rings is 1. The maximum Gasteiger partial charge on any atom is 0.259 e. The van der Waals surface area contributed by atoms with Gasteiger partial charge < -0.3 is 10.3 Å². The third-order valence-electron chi connectivity index (χ3n) is 5.36. The van der Waals surface area contributed by atoms with Crippen LogP contribution in [0.2, 0.25) is 0 Å². The molecule has 0 bridgehead atoms. The van der Waals surface area contributed by atoms with E-state index in [9.17, 15) is 9.59 Å². The number of hydrogen-bond donors (Lipinski definition) is 2. The van der Waals surface area contributed by atoms with Crippen molar-refractivity contribution in [2.24, 2.45) is 0 Å². The van der Waals surface area contributed by atoms with Gasteiger partial charge in [-0.05, 0) is 55.4 Å². The number of H-pyrrole nitrogens is 1. The SMILES string of the molecule is CCc1ccc(NC(=O)CCc2nc3sc4c(c3c(=O)[nH]2)CCCCC4)cc1. The summed E-state index contributed by atoms with van der Waals surface area (Å²) in [5, 5.41) is 3.68. The minimum Gasteiger partial charge on any atom is -0.326 e. The summed E-state index contributed by atoms with van der Waals surface area (Å²) in [6.45, 7) is 2.10. The predicted molar refractivity (Wildman–Crippen MR) is 114 cm³/mol. The molecule has 3 aromatic rings. The van der Waals surface area contributed by atoms with Crippen molar-refractivity contribution in [2.45, 2.75) is 58.3 Å². The molecule has 0 fully saturated rings. The predicted octanol–water partition coefficient (Wildman–Crippen LogP) is 4.39. The summed E-state index contributed by atoms with van der Waals surface area (Å²) in [5.74, 6) is 0.513. The number of fused-ring (bicyclic) bond motifs is 3. The summed E-state index contributed by atoms with van der Waals surface area (Å²) in [4.78, 5) is 34.6. The van der Waals surface area contributed by atoms with Crippen molar-refractivity contribution < 1.29 is 4.79 Å². The number of aromatic nitrogens is 2. The zero-order valence-corrected chi connectivity index (χ0v) is 17.0. The summed E-state index contributed by atoms with van der Waals surface area (Å²) in [6.07, 6.45) is 7.25. The molecule has 0 saturated carbocycles. The summed E-state index contributed by atoms with van der Waals surface area (Å²) in [5.41, 5.74) is 3.17. The van der Waals surface area contributed by atoms with Gasteiger partial charge in [0, 0.05) is 23.4 Å². The third-order valence-corrected chi connectivity index (χ3v) is 6.54. The average Bonchev–Trinajstić information content (AvgIpc) is 2.89. The van der Waals surface area contributed by atoms with Crippen LogP contribution in [-0.2, 0) is 30.5 Å². The van der Waals surface area contributed by atoms with Gasteiger partial charge in [-0.2, -0.15) is 0 Å². The summed E-state index contributed by atoms with van der Waals surface area (Å²) in [6, 6.07) is 7.87. The molecule has 0 radical (unpaired) electrons. The lowest BCUT2D eigenvalue weighted by atomic mass is 10.1. The van der Waals surface area contributed by atoms with Gasteiger partial charge in [0.1, 0.15) is 10.7 Å². The quantitative estimate of drug-likeness (QED) is 0.629. The molecular formula is C22H25N3O2S. The van der Waals surface area contributed by atoms with Crippen LogP contribution in [-0.4, -0.2) is 15.9 Å². The fourth-order valence-corrected chi connectivity index (χ4v) is 5.06. The fraction of sp³-hybridized carbons (Fsp3) is 0.409. The molecule has 6 heteroatoms. The van der Waals surface area contributed by atoms with Gasteiger partial charge in [-0.3, -0.25) is 9.59 Å². The van der Waals surface area contributed by atoms with E-state index in [-0.39, 0.29) is 17.9 Å². The second kappa shape index (κ2) is 8.27. The number of carbonyl (C=O) groups excluding carboxylic acids is 1. The van der Waals surface area contributed by atoms with Crippen molar-refractivity contribution in [1.29, 1.82) is 0 Å². The monoisotopic (exact) mass is 395 g/mol. The maximum atomic E-state index is 12.7. The van der Waals surface area contributed by atoms with Crippen LogP contribution in [0.1, 0.15) is 54.4 Å². The first-order valence-electron chi connectivity index (χ1n) is 10.1. The van der Waals surface area contributed by atoms with Gasteiger partial charge >= 0.3 is 0 Å². The molecule has 1 amide bonds. The van der Waals surface area contributed by atoms with Crippen LogP contribution >= 0.6 is 11.3 Å². The van der Waals surface area contributed by atoms with Gasteiger partial charge in [-0.1, -0.05) is 25.5 Å². The molecule has 5 nitrogen and oxygen atoms in total. The highest BCUT2D eigenvalue weighted by Crippen LogP contribution is 2.32. The Bertz CT molecular complexity index is 1050. The largest absolute Gasteiger partial charge is 0.326 e. The molecule has 0 saturated heterocycles. The van der Waals surface area contributed by atoms with Gasteiger partial charge in [0.15, 0.2) is 0 Å². The smallest absolute Gasteiger partial charge is 0.259 e. The minimum atomic E-state index is -0.0750. The first kappa shape index (κ1) is 18.9. The van der Waals surface area contributed by atoms with E-state index in [1.54, 1.807) is 11.3 Å². The van der Waals surface area contributed by atoms with Crippen LogP contribution in [0, 0.1) is 0 Å². The number of hydrogen-bond acceptors (Lipinski definition) is 4. The van der Waals surface area contributed by atoms with Crippen molar-refractivity contribution in [2.75, 3.05) is 5.32 Å². The molecule has 146 valence electrons. The molecule has 0 atom stereocenters. The highest BCUT2D eigenvalue weighted by atomic mass is 32.1. The number of aryl methyl sites for hydroxylation is 4. The normalized spacial score (nSPS) is 13.9. The van der Waals surface area contributed by atoms with Gasteiger partial charge in [0.2, 0.25) is 5.91 Å². The van der Waals surface area contributed by atoms with E-state index in [2.05, 4.69) is 22.2 Å². The fourth-order valence-electron chi connectivity index (χ4n) is 3.78. The van der Waals surface area contributed by atoms with Gasteiger partial charge in [0.05, 0.1) is 5.39 Å². The number of nitrogens with zero attached hydrogens (tertiary/aromatic N) is 1. The summed E-state index contributed by atoms with van der Waals surface area (Å²) < 4.78 is 0. The van der Waals surface area contributed by atoms with Crippen LogP contribution in [0.15, 0.2) is 29.1 Å². The highest BCUT2D eigenvalue weighted by molar-refractivity contribution is 7.18. The Kier molecular flexibility index (Phi) is 5.57. The topological polar surface area (TPSA) is 74.8 Å². The molecule has 1 aromatic carbocycles. The van der Waals surface area contributed by atoms with E-state index in [0.717, 1.165) is 41.6 Å². The molecule has 28 heavy (non-hydrogen) atoms. The Morgan fingerprint density at radius 3 is 2.75 bits per heavy atom. The van der Waals surface area contributed by atoms with Gasteiger partial charge in [0.25, 0.3) is 5.56 Å². The van der Waals surface area contributed by atoms with E-state index < -0.39 is 0 Å². The number of anilines is 1. The van der Waals surface area contributed by atoms with Crippen LogP contribution in [0.5, 0.6) is 0 Å². The molecule has 4 rings (SSSR count). The highest BCUT2D eigenvalue weighted by Gasteiger charge is 2.19. The van der Waals surface area contributed by atoms with E-state index in [0.29, 0.717) is 12.2 Å². The van der Waals surface area contributed by atoms with Crippen molar-refractivity contribution in [3.05, 3.63) is 56.4 Å². The second-order valence-electron chi connectivity index (χ2n) is 7.36. The first-order chi connectivity index (χ1) is 13.6. The Labute approximate surface area is 168 Å². The Balaban J connectivity index is 1.46. The van der Waals surface area contributed by atoms with E-state index in [4.69, 9.17) is 0 Å². The van der Waals surface area contributed by atoms with Gasteiger partial charge in [-0.15, -0.1) is 11.3 Å². The van der Waals surface area contributed by atoms with Crippen LogP contribution in [0.3, 0.4) is 0 Å². The zero-order chi connectivity index (χ0) is 19.5. The van der Waals surface area contributed by atoms with E-state index in [1.165, 1.54) is 28.8 Å². The number of carbonyl (C=O) groups is 1. The second-order valence-corrected chi connectivity index (χ2v) is 8.44. The lowest BCUT2D eigenvalue weighted by molar-refractivity contribution is -0.116. The lowest BCUT2D eigenvalue weighted by Gasteiger charge is -2.06. The van der Waals surface area contributed by atoms with E-state index in [1.807, 2.05) is 24.3 Å². The van der Waals surface area contributed by atoms with Crippen molar-refractivity contribution in [3.8, 4) is 0 Å². The van der Waals surface area contributed by atoms with Crippen LogP contribution in [0.25, 0.3) is 10.2 Å². The first-order valence-corrected chi connectivity index (χ1v) is 10.9. The summed E-state index contributed by atoms with van der Waals surface area (Å²) in [7, 11) is 0. The number of thiophene rings is 1. The minimum absolute atomic E-state index is 0.0602. The summed E-state index contributed by atoms with van der Waals surface area (Å²) >= 11 is 1.65. The van der Waals surface area contributed by atoms with Crippen molar-refractivity contribution in [1.82, 2.24) is 9.97 Å². The van der Waals surface area contributed by atoms with Crippen LogP contribution in [0.4, 0.5) is 5.69 Å². The molecule has 1 aliphatic carbocycles. The van der Waals surface area contributed by atoms with Gasteiger partial charge in [-0.25, -0.2) is 4.98 Å². The molecule has 0 aliphatic heterocycles. The molecule has 0 spiro atoms. The molecular weight excluding hydrogens is 370 g/mol. The molecule has 2 N–H and O–H groups in total. The molecule has 2 aromatic heterocycles. The zero-order valence-electron chi connectivity index (χ0n) is 16.1. The van der Waals surface area contributed by atoms with Crippen molar-refractivity contribution >= 4 is 33.1 Å². The molecule has 1 aliphatic rings. The Hall–Kier alpha value is -2.47. The lowest BCUT2D eigenvalue weighted by Crippen LogP contribution is -2.16. The molecule has 0 unspecified atom stereocenters. The Morgan fingerprint density at radius 1 is 1.18 bits per heavy atom. The van der Waals surface area contributed by atoms with Crippen molar-refractivity contribution in [3.63, 3.8) is 0 Å². The maximum absolute atomic E-state index is 12.7. The average molecular weight is 396 g/mol. The number of nitrogens with one attached hydrogen (secondary N) is 2. The van der Waals surface area contributed by atoms with E-state index >= 15 is 0 Å². The number of aromatic amines is 1. The number of rotatable bonds is 5. The standard InChI is InChI=1S/C22H25N3O2S/c1-2-14-8-10-15(11-9-14)23-19(26)13-12-18-24-21(27)20-16-6-4-3-5-7-17(16)28-22(20)25-18/h8-11H,2-7,12-13H2,1H3,(H,23,26)(H,24,25,27). The van der Waals surface area contributed by atoms with Crippen LogP contribution < -0.4 is 10.9 Å². The molecule has 2 heterocycles.